The highest BCUT2D eigenvalue weighted by molar-refractivity contribution is 5.65. The lowest BCUT2D eigenvalue weighted by molar-refractivity contribution is -0.179. The average Bonchev–Trinajstić information content (AvgIpc) is 2.42. The molecule has 0 saturated carbocycles. The van der Waals surface area contributed by atoms with Crippen molar-refractivity contribution in [3.8, 4) is 0 Å². The molecule has 0 aromatic heterocycles. The van der Waals surface area contributed by atoms with Crippen molar-refractivity contribution in [1.29, 1.82) is 0 Å². The number of piperidine rings is 1. The van der Waals surface area contributed by atoms with Gasteiger partial charge in [-0.15, -0.1) is 0 Å². The number of halogens is 3. The predicted molar refractivity (Wildman–Crippen MR) is 81.1 cm³/mol. The Bertz CT molecular complexity index is 466. The van der Waals surface area contributed by atoms with Gasteiger partial charge in [-0.1, -0.05) is 0 Å². The molecule has 0 aliphatic carbocycles. The maximum absolute atomic E-state index is 12.7. The van der Waals surface area contributed by atoms with Crippen LogP contribution in [0, 0.1) is 19.8 Å². The van der Waals surface area contributed by atoms with E-state index in [1.165, 1.54) is 0 Å². The zero-order valence-corrected chi connectivity index (χ0v) is 12.8. The Morgan fingerprint density at radius 1 is 1.14 bits per heavy atom. The van der Waals surface area contributed by atoms with Crippen LogP contribution in [0.3, 0.4) is 0 Å². The minimum Gasteiger partial charge on any atom is -0.385 e. The van der Waals surface area contributed by atoms with Crippen molar-refractivity contribution in [3.63, 3.8) is 0 Å². The highest BCUT2D eigenvalue weighted by Crippen LogP contribution is 2.36. The second kappa shape index (κ2) is 6.16. The predicted octanol–water partition coefficient (Wildman–Crippen LogP) is 4.51. The van der Waals surface area contributed by atoms with Gasteiger partial charge in [0.05, 0.1) is 5.92 Å². The Labute approximate surface area is 124 Å². The minimum atomic E-state index is -4.05. The Kier molecular flexibility index (Phi) is 4.69. The Morgan fingerprint density at radius 2 is 1.67 bits per heavy atom. The summed E-state index contributed by atoms with van der Waals surface area (Å²) in [5, 5.41) is 3.33. The van der Waals surface area contributed by atoms with Crippen LogP contribution in [0.2, 0.25) is 0 Å². The van der Waals surface area contributed by atoms with E-state index in [1.54, 1.807) is 0 Å². The molecule has 2 rings (SSSR count). The number of hydrogen-bond acceptors (Lipinski definition) is 2. The number of rotatable bonds is 3. The number of nitrogens with one attached hydrogen (secondary N) is 1. The molecule has 21 heavy (non-hydrogen) atoms. The van der Waals surface area contributed by atoms with Crippen LogP contribution in [0.1, 0.15) is 30.9 Å². The molecule has 1 aromatic rings. The van der Waals surface area contributed by atoms with Crippen LogP contribution >= 0.6 is 0 Å². The number of hydrogen-bond donors (Lipinski definition) is 1. The van der Waals surface area contributed by atoms with Crippen LogP contribution in [0.5, 0.6) is 0 Å². The Morgan fingerprint density at radius 3 is 2.10 bits per heavy atom. The van der Waals surface area contributed by atoms with E-state index in [9.17, 15) is 13.2 Å². The number of nitrogens with zero attached hydrogens (tertiary/aromatic N) is 1. The molecule has 0 spiro atoms. The van der Waals surface area contributed by atoms with Gasteiger partial charge in [-0.2, -0.15) is 13.2 Å². The van der Waals surface area contributed by atoms with Crippen LogP contribution in [0.4, 0.5) is 24.5 Å². The molecule has 0 unspecified atom stereocenters. The molecule has 0 atom stereocenters. The normalized spacial score (nSPS) is 17.1. The molecule has 118 valence electrons. The monoisotopic (exact) mass is 300 g/mol. The lowest BCUT2D eigenvalue weighted by Crippen LogP contribution is -2.39. The molecule has 1 N–H and O–H groups in total. The fourth-order valence-corrected chi connectivity index (χ4v) is 3.04. The third-order valence-corrected chi connectivity index (χ3v) is 4.19. The number of aryl methyl sites for hydroxylation is 2. The SMILES string of the molecule is CCNc1c(C)cc(N2CCC(C(F)(F)F)CC2)cc1C. The maximum atomic E-state index is 12.7. The number of alkyl halides is 3. The molecule has 1 aliphatic heterocycles. The van der Waals surface area contributed by atoms with Crippen molar-refractivity contribution in [2.24, 2.45) is 5.92 Å². The van der Waals surface area contributed by atoms with Crippen molar-refractivity contribution >= 4 is 11.4 Å². The number of anilines is 2. The van der Waals surface area contributed by atoms with Gasteiger partial charge in [0.15, 0.2) is 0 Å². The third-order valence-electron chi connectivity index (χ3n) is 4.19. The first-order valence-electron chi connectivity index (χ1n) is 7.49. The van der Waals surface area contributed by atoms with Gasteiger partial charge in [-0.05, 0) is 56.9 Å². The molecule has 1 fully saturated rings. The summed E-state index contributed by atoms with van der Waals surface area (Å²) in [4.78, 5) is 2.07. The molecule has 1 heterocycles. The fraction of sp³-hybridized carbons (Fsp3) is 0.625. The van der Waals surface area contributed by atoms with E-state index in [-0.39, 0.29) is 12.8 Å². The molecular weight excluding hydrogens is 277 g/mol. The largest absolute Gasteiger partial charge is 0.391 e. The van der Waals surface area contributed by atoms with Crippen LogP contribution < -0.4 is 10.2 Å². The van der Waals surface area contributed by atoms with Gasteiger partial charge in [0.2, 0.25) is 0 Å². The smallest absolute Gasteiger partial charge is 0.385 e. The van der Waals surface area contributed by atoms with Gasteiger partial charge in [0, 0.05) is 31.0 Å². The molecule has 0 radical (unpaired) electrons. The fourth-order valence-electron chi connectivity index (χ4n) is 3.04. The first-order valence-corrected chi connectivity index (χ1v) is 7.49. The average molecular weight is 300 g/mol. The van der Waals surface area contributed by atoms with Crippen molar-refractivity contribution in [3.05, 3.63) is 23.3 Å². The summed E-state index contributed by atoms with van der Waals surface area (Å²) < 4.78 is 38.1. The summed E-state index contributed by atoms with van der Waals surface area (Å²) in [7, 11) is 0. The van der Waals surface area contributed by atoms with Gasteiger partial charge in [0.1, 0.15) is 0 Å². The van der Waals surface area contributed by atoms with Crippen molar-refractivity contribution in [2.45, 2.75) is 39.8 Å². The van der Waals surface area contributed by atoms with E-state index in [2.05, 4.69) is 29.3 Å². The van der Waals surface area contributed by atoms with E-state index >= 15 is 0 Å². The first-order chi connectivity index (χ1) is 9.82. The third kappa shape index (κ3) is 3.63. The molecule has 5 heteroatoms. The second-order valence-corrected chi connectivity index (χ2v) is 5.79. The number of benzene rings is 1. The first kappa shape index (κ1) is 16.0. The summed E-state index contributed by atoms with van der Waals surface area (Å²) in [6.07, 6.45) is -3.67. The zero-order chi connectivity index (χ0) is 15.6. The molecule has 1 saturated heterocycles. The van der Waals surface area contributed by atoms with Crippen molar-refractivity contribution in [1.82, 2.24) is 0 Å². The van der Waals surface area contributed by atoms with Crippen molar-refractivity contribution in [2.75, 3.05) is 29.9 Å². The van der Waals surface area contributed by atoms with E-state index in [4.69, 9.17) is 0 Å². The van der Waals surface area contributed by atoms with E-state index < -0.39 is 12.1 Å². The van der Waals surface area contributed by atoms with Gasteiger partial charge in [-0.3, -0.25) is 0 Å². The van der Waals surface area contributed by atoms with E-state index in [1.807, 2.05) is 13.8 Å². The quantitative estimate of drug-likeness (QED) is 0.883. The lowest BCUT2D eigenvalue weighted by Gasteiger charge is -2.35. The molecule has 2 nitrogen and oxygen atoms in total. The van der Waals surface area contributed by atoms with Gasteiger partial charge < -0.3 is 10.2 Å². The summed E-state index contributed by atoms with van der Waals surface area (Å²) >= 11 is 0. The maximum Gasteiger partial charge on any atom is 0.391 e. The van der Waals surface area contributed by atoms with Gasteiger partial charge >= 0.3 is 6.18 Å². The summed E-state index contributed by atoms with van der Waals surface area (Å²) in [5.74, 6) is -1.14. The second-order valence-electron chi connectivity index (χ2n) is 5.79. The summed E-state index contributed by atoms with van der Waals surface area (Å²) in [6.45, 7) is 7.94. The highest BCUT2D eigenvalue weighted by Gasteiger charge is 2.41. The van der Waals surface area contributed by atoms with Gasteiger partial charge in [0.25, 0.3) is 0 Å². The standard InChI is InChI=1S/C16H23F3N2/c1-4-20-15-11(2)9-14(10-12(15)3)21-7-5-13(6-8-21)16(17,18)19/h9-10,13,20H,4-8H2,1-3H3. The highest BCUT2D eigenvalue weighted by atomic mass is 19.4. The van der Waals surface area contributed by atoms with Crippen LogP contribution in [-0.2, 0) is 0 Å². The Hall–Kier alpha value is -1.39. The van der Waals surface area contributed by atoms with E-state index in [0.717, 1.165) is 29.0 Å². The molecule has 1 aliphatic rings. The van der Waals surface area contributed by atoms with Crippen LogP contribution in [0.25, 0.3) is 0 Å². The molecular formula is C16H23F3N2. The minimum absolute atomic E-state index is 0.191. The molecule has 0 amide bonds. The van der Waals surface area contributed by atoms with Crippen LogP contribution in [0.15, 0.2) is 12.1 Å². The van der Waals surface area contributed by atoms with Gasteiger partial charge in [-0.25, -0.2) is 0 Å². The molecule has 1 aromatic carbocycles. The summed E-state index contributed by atoms with van der Waals surface area (Å²) in [6, 6.07) is 4.14. The lowest BCUT2D eigenvalue weighted by atomic mass is 9.95. The topological polar surface area (TPSA) is 15.3 Å². The van der Waals surface area contributed by atoms with Crippen LogP contribution in [-0.4, -0.2) is 25.8 Å². The molecule has 0 bridgehead atoms. The van der Waals surface area contributed by atoms with Crippen molar-refractivity contribution < 1.29 is 13.2 Å². The summed E-state index contributed by atoms with van der Waals surface area (Å²) in [5.41, 5.74) is 4.45. The zero-order valence-electron chi connectivity index (χ0n) is 12.8. The van der Waals surface area contributed by atoms with E-state index in [0.29, 0.717) is 13.1 Å². The Balaban J connectivity index is 2.11.